The van der Waals surface area contributed by atoms with Crippen molar-refractivity contribution in [2.24, 2.45) is 0 Å². The van der Waals surface area contributed by atoms with Gasteiger partial charge in [-0.1, -0.05) is 0 Å². The molecule has 2 aromatic heterocycles. The largest absolute Gasteiger partial charge is 0.360 e. The van der Waals surface area contributed by atoms with E-state index in [0.29, 0.717) is 11.1 Å². The van der Waals surface area contributed by atoms with Crippen LogP contribution in [-0.2, 0) is 0 Å². The van der Waals surface area contributed by atoms with E-state index in [9.17, 15) is 9.59 Å². The number of aromatic amines is 2. The molecule has 0 unspecified atom stereocenters. The molecule has 0 aliphatic heterocycles. The zero-order valence-electron chi connectivity index (χ0n) is 8.28. The lowest BCUT2D eigenvalue weighted by Gasteiger charge is -1.93. The van der Waals surface area contributed by atoms with Crippen molar-refractivity contribution in [1.82, 2.24) is 9.97 Å². The number of aromatic nitrogens is 2. The Morgan fingerprint density at radius 1 is 0.812 bits per heavy atom. The van der Waals surface area contributed by atoms with Crippen molar-refractivity contribution in [3.8, 4) is 0 Å². The highest BCUT2D eigenvalue weighted by Gasteiger charge is 2.08. The van der Waals surface area contributed by atoms with Gasteiger partial charge in [-0.15, -0.1) is 0 Å². The van der Waals surface area contributed by atoms with Crippen LogP contribution in [0.2, 0.25) is 0 Å². The second kappa shape index (κ2) is 3.06. The summed E-state index contributed by atoms with van der Waals surface area (Å²) < 4.78 is 0. The maximum Gasteiger partial charge on any atom is 0.152 e. The Morgan fingerprint density at radius 2 is 1.25 bits per heavy atom. The van der Waals surface area contributed by atoms with Gasteiger partial charge in [0, 0.05) is 45.3 Å². The van der Waals surface area contributed by atoms with Gasteiger partial charge in [0.2, 0.25) is 0 Å². The topological polar surface area (TPSA) is 65.7 Å². The fraction of sp³-hybridized carbons (Fsp3) is 0. The number of fused-ring (bicyclic) bond motifs is 2. The lowest BCUT2D eigenvalue weighted by atomic mass is 10.1. The number of aldehydes is 2. The highest BCUT2D eigenvalue weighted by Crippen LogP contribution is 2.25. The number of rotatable bonds is 2. The van der Waals surface area contributed by atoms with Gasteiger partial charge in [-0.25, -0.2) is 0 Å². The Hall–Kier alpha value is -2.36. The van der Waals surface area contributed by atoms with Crippen molar-refractivity contribution in [3.05, 3.63) is 35.7 Å². The van der Waals surface area contributed by atoms with Gasteiger partial charge >= 0.3 is 0 Å². The predicted octanol–water partition coefficient (Wildman–Crippen LogP) is 2.27. The van der Waals surface area contributed by atoms with E-state index in [2.05, 4.69) is 9.97 Å². The lowest BCUT2D eigenvalue weighted by molar-refractivity contribution is 0.111. The van der Waals surface area contributed by atoms with Crippen LogP contribution in [0.3, 0.4) is 0 Å². The number of hydrogen-bond acceptors (Lipinski definition) is 2. The Labute approximate surface area is 90.3 Å². The summed E-state index contributed by atoms with van der Waals surface area (Å²) in [5.41, 5.74) is 2.97. The molecule has 4 heteroatoms. The Bertz CT molecular complexity index is 644. The van der Waals surface area contributed by atoms with E-state index in [1.165, 1.54) is 0 Å². The van der Waals surface area contributed by atoms with Gasteiger partial charge in [-0.3, -0.25) is 9.59 Å². The summed E-state index contributed by atoms with van der Waals surface area (Å²) >= 11 is 0. The van der Waals surface area contributed by atoms with Crippen LogP contribution in [0, 0.1) is 0 Å². The highest BCUT2D eigenvalue weighted by atomic mass is 16.1. The van der Waals surface area contributed by atoms with E-state index >= 15 is 0 Å². The molecule has 0 aliphatic rings. The number of hydrogen-bond donors (Lipinski definition) is 2. The molecule has 3 aromatic rings. The molecule has 0 atom stereocenters. The van der Waals surface area contributed by atoms with Gasteiger partial charge in [0.25, 0.3) is 0 Å². The quantitative estimate of drug-likeness (QED) is 0.640. The van der Waals surface area contributed by atoms with E-state index in [1.807, 2.05) is 12.1 Å². The van der Waals surface area contributed by atoms with E-state index in [0.717, 1.165) is 34.4 Å². The predicted molar refractivity (Wildman–Crippen MR) is 60.9 cm³/mol. The number of carbonyl (C=O) groups is 2. The molecule has 4 nitrogen and oxygen atoms in total. The Kier molecular flexibility index (Phi) is 1.71. The summed E-state index contributed by atoms with van der Waals surface area (Å²) in [7, 11) is 0. The average Bonchev–Trinajstić information content (AvgIpc) is 2.88. The Balaban J connectivity index is 2.47. The van der Waals surface area contributed by atoms with Crippen LogP contribution in [0.15, 0.2) is 24.5 Å². The maximum atomic E-state index is 10.8. The molecular formula is C12H8N2O2. The molecule has 0 spiro atoms. The van der Waals surface area contributed by atoms with Crippen molar-refractivity contribution in [3.63, 3.8) is 0 Å². The molecule has 2 N–H and O–H groups in total. The molecule has 0 aliphatic carbocycles. The van der Waals surface area contributed by atoms with Crippen molar-refractivity contribution >= 4 is 34.4 Å². The maximum absolute atomic E-state index is 10.8. The zero-order chi connectivity index (χ0) is 11.1. The summed E-state index contributed by atoms with van der Waals surface area (Å²) in [5.74, 6) is 0. The fourth-order valence-electron chi connectivity index (χ4n) is 1.98. The normalized spacial score (nSPS) is 11.0. The molecule has 16 heavy (non-hydrogen) atoms. The van der Waals surface area contributed by atoms with Gasteiger partial charge in [-0.2, -0.15) is 0 Å². The van der Waals surface area contributed by atoms with Gasteiger partial charge in [0.15, 0.2) is 12.6 Å². The van der Waals surface area contributed by atoms with Crippen LogP contribution >= 0.6 is 0 Å². The summed E-state index contributed by atoms with van der Waals surface area (Å²) in [4.78, 5) is 27.6. The molecule has 78 valence electrons. The third kappa shape index (κ3) is 1.04. The van der Waals surface area contributed by atoms with E-state index < -0.39 is 0 Å². The van der Waals surface area contributed by atoms with Crippen molar-refractivity contribution in [2.75, 3.05) is 0 Å². The van der Waals surface area contributed by atoms with Gasteiger partial charge in [0.1, 0.15) is 0 Å². The first-order chi connectivity index (χ1) is 7.83. The van der Waals surface area contributed by atoms with E-state index in [-0.39, 0.29) is 0 Å². The molecule has 0 amide bonds. The molecule has 0 radical (unpaired) electrons. The molecular weight excluding hydrogens is 204 g/mol. The standard InChI is InChI=1S/C12H8N2O2/c15-5-7-3-14-12-2-10-8(6-16)4-13-11(10)1-9(7)12/h1-6,13-14H. The molecule has 2 heterocycles. The monoisotopic (exact) mass is 212 g/mol. The summed E-state index contributed by atoms with van der Waals surface area (Å²) in [5, 5.41) is 1.73. The van der Waals surface area contributed by atoms with Gasteiger partial charge in [0.05, 0.1) is 0 Å². The zero-order valence-corrected chi connectivity index (χ0v) is 8.28. The van der Waals surface area contributed by atoms with E-state index in [4.69, 9.17) is 0 Å². The van der Waals surface area contributed by atoms with E-state index in [1.54, 1.807) is 12.4 Å². The lowest BCUT2D eigenvalue weighted by Crippen LogP contribution is -1.77. The number of H-pyrrole nitrogens is 2. The van der Waals surface area contributed by atoms with Crippen molar-refractivity contribution in [1.29, 1.82) is 0 Å². The van der Waals surface area contributed by atoms with Crippen LogP contribution < -0.4 is 0 Å². The van der Waals surface area contributed by atoms with Crippen LogP contribution in [0.25, 0.3) is 21.8 Å². The molecule has 0 saturated heterocycles. The van der Waals surface area contributed by atoms with Crippen LogP contribution in [0.4, 0.5) is 0 Å². The van der Waals surface area contributed by atoms with Gasteiger partial charge in [-0.05, 0) is 12.1 Å². The third-order valence-corrected chi connectivity index (χ3v) is 2.80. The molecule has 0 bridgehead atoms. The van der Waals surface area contributed by atoms with Crippen LogP contribution in [0.1, 0.15) is 20.7 Å². The van der Waals surface area contributed by atoms with Crippen LogP contribution in [-0.4, -0.2) is 22.5 Å². The first kappa shape index (κ1) is 8.91. The fourth-order valence-corrected chi connectivity index (χ4v) is 1.98. The minimum absolute atomic E-state index is 0.624. The summed E-state index contributed by atoms with van der Waals surface area (Å²) in [6.45, 7) is 0. The highest BCUT2D eigenvalue weighted by molar-refractivity contribution is 6.07. The smallest absolute Gasteiger partial charge is 0.152 e. The first-order valence-electron chi connectivity index (χ1n) is 4.86. The molecule has 3 rings (SSSR count). The second-order valence-corrected chi connectivity index (χ2v) is 3.67. The summed E-state index contributed by atoms with van der Waals surface area (Å²) in [6, 6.07) is 3.75. The molecule has 0 saturated carbocycles. The first-order valence-corrected chi connectivity index (χ1v) is 4.86. The SMILES string of the molecule is O=Cc1c[nH]c2cc3c(C=O)c[nH]c3cc12. The molecule has 0 fully saturated rings. The number of carbonyl (C=O) groups excluding carboxylic acids is 2. The number of nitrogens with one attached hydrogen (secondary N) is 2. The molecule has 1 aromatic carbocycles. The minimum atomic E-state index is 0.624. The van der Waals surface area contributed by atoms with Crippen molar-refractivity contribution in [2.45, 2.75) is 0 Å². The second-order valence-electron chi connectivity index (χ2n) is 3.67. The number of benzene rings is 1. The van der Waals surface area contributed by atoms with Crippen LogP contribution in [0.5, 0.6) is 0 Å². The minimum Gasteiger partial charge on any atom is -0.360 e. The average molecular weight is 212 g/mol. The van der Waals surface area contributed by atoms with Gasteiger partial charge < -0.3 is 9.97 Å². The van der Waals surface area contributed by atoms with Crippen molar-refractivity contribution < 1.29 is 9.59 Å². The summed E-state index contributed by atoms with van der Waals surface area (Å²) in [6.07, 6.45) is 4.96. The Morgan fingerprint density at radius 3 is 1.62 bits per heavy atom. The third-order valence-electron chi connectivity index (χ3n) is 2.80.